The average molecular weight is 293 g/mol. The molecule has 7 nitrogen and oxygen atoms in total. The Morgan fingerprint density at radius 3 is 2.62 bits per heavy atom. The minimum Gasteiger partial charge on any atom is -0.494 e. The molecule has 0 aliphatic carbocycles. The average Bonchev–Trinajstić information content (AvgIpc) is 2.37. The van der Waals surface area contributed by atoms with Crippen LogP contribution in [0.4, 0.5) is 22.0 Å². The number of hydrogen-bond donors (Lipinski definition) is 2. The van der Waals surface area contributed by atoms with Gasteiger partial charge in [-0.3, -0.25) is 0 Å². The maximum atomic E-state index is 13.6. The van der Waals surface area contributed by atoms with Crippen molar-refractivity contribution in [1.29, 1.82) is 0 Å². The Labute approximate surface area is 121 Å². The van der Waals surface area contributed by atoms with Crippen LogP contribution in [0.3, 0.4) is 0 Å². The van der Waals surface area contributed by atoms with E-state index in [4.69, 9.17) is 15.2 Å². The maximum Gasteiger partial charge on any atom is 0.323 e. The highest BCUT2D eigenvalue weighted by atomic mass is 19.1. The molecule has 0 aliphatic rings. The SMILES string of the molecule is COc1ccc(Nc2nc(N)nc(OC(C)C)n2)cc1F. The summed E-state index contributed by atoms with van der Waals surface area (Å²) >= 11 is 0. The first-order valence-electron chi connectivity index (χ1n) is 6.26. The van der Waals surface area contributed by atoms with Crippen molar-refractivity contribution in [3.8, 4) is 11.8 Å². The minimum absolute atomic E-state index is 0.0112. The second-order valence-corrected chi connectivity index (χ2v) is 4.44. The number of benzene rings is 1. The summed E-state index contributed by atoms with van der Waals surface area (Å²) in [6.45, 7) is 3.68. The molecular weight excluding hydrogens is 277 g/mol. The number of nitrogen functional groups attached to an aromatic ring is 1. The molecule has 21 heavy (non-hydrogen) atoms. The molecule has 0 saturated carbocycles. The number of ether oxygens (including phenoxy) is 2. The predicted octanol–water partition coefficient (Wildman–Crippen LogP) is 2.13. The molecule has 0 spiro atoms. The highest BCUT2D eigenvalue weighted by Gasteiger charge is 2.09. The number of halogens is 1. The third kappa shape index (κ3) is 3.91. The summed E-state index contributed by atoms with van der Waals surface area (Å²) in [4.78, 5) is 11.8. The number of nitrogens with zero attached hydrogens (tertiary/aromatic N) is 3. The van der Waals surface area contributed by atoms with Crippen molar-refractivity contribution in [2.24, 2.45) is 0 Å². The molecule has 0 unspecified atom stereocenters. The quantitative estimate of drug-likeness (QED) is 0.871. The van der Waals surface area contributed by atoms with Gasteiger partial charge in [-0.15, -0.1) is 0 Å². The van der Waals surface area contributed by atoms with E-state index in [1.54, 1.807) is 6.07 Å². The van der Waals surface area contributed by atoms with Crippen LogP contribution >= 0.6 is 0 Å². The fraction of sp³-hybridized carbons (Fsp3) is 0.308. The number of aromatic nitrogens is 3. The van der Waals surface area contributed by atoms with Crippen molar-refractivity contribution in [3.05, 3.63) is 24.0 Å². The van der Waals surface area contributed by atoms with E-state index in [1.165, 1.54) is 19.2 Å². The summed E-state index contributed by atoms with van der Waals surface area (Å²) in [5, 5.41) is 2.83. The molecule has 8 heteroatoms. The molecule has 0 bridgehead atoms. The van der Waals surface area contributed by atoms with Crippen LogP contribution in [0.5, 0.6) is 11.8 Å². The van der Waals surface area contributed by atoms with Crippen LogP contribution < -0.4 is 20.5 Å². The van der Waals surface area contributed by atoms with Crippen molar-refractivity contribution in [2.45, 2.75) is 20.0 Å². The van der Waals surface area contributed by atoms with E-state index >= 15 is 0 Å². The first kappa shape index (κ1) is 14.8. The molecule has 0 amide bonds. The van der Waals surface area contributed by atoms with Crippen molar-refractivity contribution in [2.75, 3.05) is 18.2 Å². The summed E-state index contributed by atoms with van der Waals surface area (Å²) in [5.74, 6) is -0.164. The van der Waals surface area contributed by atoms with E-state index < -0.39 is 5.82 Å². The van der Waals surface area contributed by atoms with Gasteiger partial charge in [0.25, 0.3) is 0 Å². The fourth-order valence-electron chi connectivity index (χ4n) is 1.56. The van der Waals surface area contributed by atoms with Gasteiger partial charge >= 0.3 is 6.01 Å². The lowest BCUT2D eigenvalue weighted by atomic mass is 10.3. The Morgan fingerprint density at radius 1 is 1.24 bits per heavy atom. The van der Waals surface area contributed by atoms with Gasteiger partial charge in [-0.05, 0) is 26.0 Å². The van der Waals surface area contributed by atoms with Crippen LogP contribution in [0.25, 0.3) is 0 Å². The number of rotatable bonds is 5. The second kappa shape index (κ2) is 6.21. The molecule has 0 radical (unpaired) electrons. The number of anilines is 3. The van der Waals surface area contributed by atoms with E-state index in [-0.39, 0.29) is 29.8 Å². The summed E-state index contributed by atoms with van der Waals surface area (Å²) in [5.41, 5.74) is 6.04. The highest BCUT2D eigenvalue weighted by molar-refractivity contribution is 5.55. The first-order chi connectivity index (χ1) is 9.97. The van der Waals surface area contributed by atoms with E-state index in [0.29, 0.717) is 5.69 Å². The number of nitrogens with one attached hydrogen (secondary N) is 1. The molecule has 2 aromatic rings. The third-order valence-corrected chi connectivity index (χ3v) is 2.38. The molecule has 1 aromatic heterocycles. The zero-order valence-corrected chi connectivity index (χ0v) is 11.9. The van der Waals surface area contributed by atoms with Gasteiger partial charge in [0.1, 0.15) is 0 Å². The Hall–Kier alpha value is -2.64. The zero-order chi connectivity index (χ0) is 15.4. The Kier molecular flexibility index (Phi) is 4.36. The van der Waals surface area contributed by atoms with Gasteiger partial charge in [-0.2, -0.15) is 15.0 Å². The van der Waals surface area contributed by atoms with Crippen LogP contribution in [0.1, 0.15) is 13.8 Å². The Bertz CT molecular complexity index is 636. The molecule has 1 aromatic carbocycles. The summed E-state index contributed by atoms with van der Waals surface area (Å²) in [7, 11) is 1.40. The van der Waals surface area contributed by atoms with E-state index in [9.17, 15) is 4.39 Å². The van der Waals surface area contributed by atoms with Gasteiger partial charge in [0, 0.05) is 11.8 Å². The molecule has 0 saturated heterocycles. The lowest BCUT2D eigenvalue weighted by Crippen LogP contribution is -2.11. The van der Waals surface area contributed by atoms with Gasteiger partial charge in [0.2, 0.25) is 11.9 Å². The normalized spacial score (nSPS) is 10.5. The second-order valence-electron chi connectivity index (χ2n) is 4.44. The van der Waals surface area contributed by atoms with Gasteiger partial charge in [0.15, 0.2) is 11.6 Å². The summed E-state index contributed by atoms with van der Waals surface area (Å²) < 4.78 is 23.8. The third-order valence-electron chi connectivity index (χ3n) is 2.38. The van der Waals surface area contributed by atoms with Gasteiger partial charge < -0.3 is 20.5 Å². The van der Waals surface area contributed by atoms with E-state index in [1.807, 2.05) is 13.8 Å². The van der Waals surface area contributed by atoms with E-state index in [2.05, 4.69) is 20.3 Å². The standard InChI is InChI=1S/C13H16FN5O2/c1-7(2)21-13-18-11(15)17-12(19-13)16-8-4-5-10(20-3)9(14)6-8/h4-7H,1-3H3,(H3,15,16,17,18,19). The summed E-state index contributed by atoms with van der Waals surface area (Å²) in [6, 6.07) is 4.49. The van der Waals surface area contributed by atoms with Crippen molar-refractivity contribution in [3.63, 3.8) is 0 Å². The Morgan fingerprint density at radius 2 is 2.00 bits per heavy atom. The van der Waals surface area contributed by atoms with Crippen LogP contribution in [0.15, 0.2) is 18.2 Å². The monoisotopic (exact) mass is 293 g/mol. The number of hydrogen-bond acceptors (Lipinski definition) is 7. The van der Waals surface area contributed by atoms with Gasteiger partial charge in [-0.25, -0.2) is 4.39 Å². The largest absolute Gasteiger partial charge is 0.494 e. The molecule has 112 valence electrons. The first-order valence-corrected chi connectivity index (χ1v) is 6.26. The van der Waals surface area contributed by atoms with Crippen LogP contribution in [-0.2, 0) is 0 Å². The molecule has 0 fully saturated rings. The Balaban J connectivity index is 2.22. The minimum atomic E-state index is -0.497. The summed E-state index contributed by atoms with van der Waals surface area (Å²) in [6.07, 6.45) is -0.0990. The number of methoxy groups -OCH3 is 1. The van der Waals surface area contributed by atoms with Crippen molar-refractivity contribution < 1.29 is 13.9 Å². The topological polar surface area (TPSA) is 95.2 Å². The molecule has 2 rings (SSSR count). The molecule has 3 N–H and O–H groups in total. The van der Waals surface area contributed by atoms with Crippen LogP contribution in [0, 0.1) is 5.82 Å². The molecule has 1 heterocycles. The van der Waals surface area contributed by atoms with Crippen LogP contribution in [-0.4, -0.2) is 28.2 Å². The fourth-order valence-corrected chi connectivity index (χ4v) is 1.56. The lowest BCUT2D eigenvalue weighted by Gasteiger charge is -2.10. The lowest BCUT2D eigenvalue weighted by molar-refractivity contribution is 0.222. The van der Waals surface area contributed by atoms with Gasteiger partial charge in [0.05, 0.1) is 13.2 Å². The van der Waals surface area contributed by atoms with Gasteiger partial charge in [-0.1, -0.05) is 0 Å². The van der Waals surface area contributed by atoms with Crippen molar-refractivity contribution >= 4 is 17.6 Å². The highest BCUT2D eigenvalue weighted by Crippen LogP contribution is 2.23. The molecule has 0 atom stereocenters. The van der Waals surface area contributed by atoms with E-state index in [0.717, 1.165) is 0 Å². The smallest absolute Gasteiger partial charge is 0.323 e. The van der Waals surface area contributed by atoms with Crippen molar-refractivity contribution in [1.82, 2.24) is 15.0 Å². The predicted molar refractivity (Wildman–Crippen MR) is 76.2 cm³/mol. The molecular formula is C13H16FN5O2. The zero-order valence-electron chi connectivity index (χ0n) is 11.9. The number of nitrogens with two attached hydrogens (primary N) is 1. The maximum absolute atomic E-state index is 13.6. The molecule has 0 aliphatic heterocycles. The van der Waals surface area contributed by atoms with Crippen LogP contribution in [0.2, 0.25) is 0 Å².